The van der Waals surface area contributed by atoms with Crippen LogP contribution in [0.3, 0.4) is 0 Å². The molecule has 0 aliphatic carbocycles. The van der Waals surface area contributed by atoms with Crippen molar-refractivity contribution in [2.45, 2.75) is 50.6 Å². The molecular weight excluding hydrogens is 372 g/mol. The Kier molecular flexibility index (Phi) is 6.39. The molecule has 1 N–H and O–H groups in total. The van der Waals surface area contributed by atoms with Gasteiger partial charge in [-0.15, -0.1) is 11.3 Å². The van der Waals surface area contributed by atoms with Crippen LogP contribution in [-0.4, -0.2) is 36.4 Å². The van der Waals surface area contributed by atoms with Crippen molar-refractivity contribution in [3.63, 3.8) is 0 Å². The Bertz CT molecular complexity index is 804. The van der Waals surface area contributed by atoms with E-state index in [0.29, 0.717) is 19.3 Å². The fourth-order valence-corrected chi connectivity index (χ4v) is 4.60. The van der Waals surface area contributed by atoms with Gasteiger partial charge in [0.25, 0.3) is 0 Å². The molecule has 1 aliphatic heterocycles. The Labute approximate surface area is 170 Å². The number of hydrogen-bond donors (Lipinski definition) is 1. The molecule has 6 heteroatoms. The van der Waals surface area contributed by atoms with Gasteiger partial charge in [-0.2, -0.15) is 0 Å². The first-order valence-corrected chi connectivity index (χ1v) is 10.5. The highest BCUT2D eigenvalue weighted by Crippen LogP contribution is 2.31. The van der Waals surface area contributed by atoms with E-state index in [4.69, 9.17) is 4.74 Å². The number of nitrogens with zero attached hydrogens (tertiary/aromatic N) is 1. The number of methoxy groups -OCH3 is 1. The Hall–Kier alpha value is -2.34. The van der Waals surface area contributed by atoms with Crippen LogP contribution in [0.15, 0.2) is 41.8 Å². The molecule has 1 fully saturated rings. The van der Waals surface area contributed by atoms with E-state index in [0.717, 1.165) is 24.2 Å². The molecule has 1 aromatic carbocycles. The van der Waals surface area contributed by atoms with E-state index in [-0.39, 0.29) is 23.4 Å². The van der Waals surface area contributed by atoms with Gasteiger partial charge < -0.3 is 15.0 Å². The molecule has 0 saturated carbocycles. The lowest BCUT2D eigenvalue weighted by atomic mass is 9.85. The third kappa shape index (κ3) is 4.73. The summed E-state index contributed by atoms with van der Waals surface area (Å²) in [6, 6.07) is 12.0. The minimum Gasteiger partial charge on any atom is -0.497 e. The summed E-state index contributed by atoms with van der Waals surface area (Å²) < 4.78 is 5.22. The highest BCUT2D eigenvalue weighted by molar-refractivity contribution is 7.10. The SMILES string of the molecule is COc1ccc(C[C@@]2(CCC(=O)N(C)[C@H](C)c3cccs3)CCC(=O)N2)cc1. The van der Waals surface area contributed by atoms with Gasteiger partial charge in [0, 0.05) is 30.3 Å². The molecule has 0 radical (unpaired) electrons. The summed E-state index contributed by atoms with van der Waals surface area (Å²) in [6.07, 6.45) is 3.06. The lowest BCUT2D eigenvalue weighted by Gasteiger charge is -2.31. The molecule has 1 saturated heterocycles. The average molecular weight is 401 g/mol. The van der Waals surface area contributed by atoms with Crippen LogP contribution in [0.2, 0.25) is 0 Å². The lowest BCUT2D eigenvalue weighted by Crippen LogP contribution is -2.44. The number of thiophene rings is 1. The zero-order valence-electron chi connectivity index (χ0n) is 16.7. The normalized spacial score (nSPS) is 19.9. The average Bonchev–Trinajstić information content (AvgIpc) is 3.36. The highest BCUT2D eigenvalue weighted by atomic mass is 32.1. The summed E-state index contributed by atoms with van der Waals surface area (Å²) in [6.45, 7) is 2.05. The second kappa shape index (κ2) is 8.78. The van der Waals surface area contributed by atoms with E-state index in [1.807, 2.05) is 54.6 Å². The van der Waals surface area contributed by atoms with Crippen LogP contribution in [0.4, 0.5) is 0 Å². The Balaban J connectivity index is 1.65. The van der Waals surface area contributed by atoms with Crippen LogP contribution in [-0.2, 0) is 16.0 Å². The van der Waals surface area contributed by atoms with Gasteiger partial charge in [-0.05, 0) is 55.3 Å². The van der Waals surface area contributed by atoms with Crippen LogP contribution in [0.5, 0.6) is 5.75 Å². The summed E-state index contributed by atoms with van der Waals surface area (Å²) >= 11 is 1.66. The minimum atomic E-state index is -0.353. The van der Waals surface area contributed by atoms with E-state index in [2.05, 4.69) is 11.4 Å². The van der Waals surface area contributed by atoms with Gasteiger partial charge in [-0.25, -0.2) is 0 Å². The molecule has 0 unspecified atom stereocenters. The maximum absolute atomic E-state index is 12.8. The van der Waals surface area contributed by atoms with Crippen LogP contribution in [0.25, 0.3) is 0 Å². The number of amides is 2. The number of benzene rings is 1. The lowest BCUT2D eigenvalue weighted by molar-refractivity contribution is -0.132. The summed E-state index contributed by atoms with van der Waals surface area (Å²) in [5.74, 6) is 0.991. The van der Waals surface area contributed by atoms with E-state index < -0.39 is 0 Å². The summed E-state index contributed by atoms with van der Waals surface area (Å²) in [7, 11) is 3.50. The molecule has 2 atom stereocenters. The largest absolute Gasteiger partial charge is 0.497 e. The molecule has 1 aromatic heterocycles. The number of hydrogen-bond acceptors (Lipinski definition) is 4. The number of carbonyl (C=O) groups excluding carboxylic acids is 2. The summed E-state index contributed by atoms with van der Waals surface area (Å²) in [5, 5.41) is 5.19. The molecule has 28 heavy (non-hydrogen) atoms. The molecular formula is C22H28N2O3S. The fourth-order valence-electron chi connectivity index (χ4n) is 3.77. The van der Waals surface area contributed by atoms with Crippen molar-refractivity contribution in [3.05, 3.63) is 52.2 Å². The Morgan fingerprint density at radius 3 is 2.64 bits per heavy atom. The van der Waals surface area contributed by atoms with Crippen molar-refractivity contribution in [1.82, 2.24) is 10.2 Å². The van der Waals surface area contributed by atoms with Gasteiger partial charge in [0.05, 0.1) is 13.2 Å². The summed E-state index contributed by atoms with van der Waals surface area (Å²) in [5.41, 5.74) is 0.782. The first-order valence-electron chi connectivity index (χ1n) is 9.65. The molecule has 0 spiro atoms. The van der Waals surface area contributed by atoms with Gasteiger partial charge in [-0.3, -0.25) is 9.59 Å². The quantitative estimate of drug-likeness (QED) is 0.730. The van der Waals surface area contributed by atoms with Crippen molar-refractivity contribution in [1.29, 1.82) is 0 Å². The van der Waals surface area contributed by atoms with Crippen LogP contribution < -0.4 is 10.1 Å². The molecule has 150 valence electrons. The smallest absolute Gasteiger partial charge is 0.222 e. The van der Waals surface area contributed by atoms with Crippen LogP contribution in [0, 0.1) is 0 Å². The van der Waals surface area contributed by atoms with E-state index in [1.165, 1.54) is 4.88 Å². The van der Waals surface area contributed by atoms with Crippen molar-refractivity contribution >= 4 is 23.2 Å². The molecule has 3 rings (SSSR count). The standard InChI is InChI=1S/C22H28N2O3S/c1-16(19-5-4-14-28-19)24(2)21(26)11-13-22(12-10-20(25)23-22)15-17-6-8-18(27-3)9-7-17/h4-9,14,16H,10-13,15H2,1-3H3,(H,23,25)/t16-,22+/m1/s1. The maximum atomic E-state index is 12.8. The zero-order chi connectivity index (χ0) is 20.1. The van der Waals surface area contributed by atoms with Gasteiger partial charge in [0.1, 0.15) is 5.75 Å². The second-order valence-electron chi connectivity index (χ2n) is 7.55. The molecule has 1 aliphatic rings. The van der Waals surface area contributed by atoms with Crippen LogP contribution >= 0.6 is 11.3 Å². The topological polar surface area (TPSA) is 58.6 Å². The van der Waals surface area contributed by atoms with Crippen molar-refractivity contribution < 1.29 is 14.3 Å². The first-order chi connectivity index (χ1) is 13.4. The number of carbonyl (C=O) groups is 2. The Morgan fingerprint density at radius 2 is 2.07 bits per heavy atom. The van der Waals surface area contributed by atoms with Gasteiger partial charge in [0.2, 0.25) is 11.8 Å². The minimum absolute atomic E-state index is 0.0585. The number of nitrogens with one attached hydrogen (secondary N) is 1. The maximum Gasteiger partial charge on any atom is 0.222 e. The van der Waals surface area contributed by atoms with E-state index in [9.17, 15) is 9.59 Å². The molecule has 2 heterocycles. The van der Waals surface area contributed by atoms with Gasteiger partial charge >= 0.3 is 0 Å². The van der Waals surface area contributed by atoms with Gasteiger partial charge in [0.15, 0.2) is 0 Å². The molecule has 2 amide bonds. The monoisotopic (exact) mass is 400 g/mol. The summed E-state index contributed by atoms with van der Waals surface area (Å²) in [4.78, 5) is 27.8. The first kappa shape index (κ1) is 20.4. The predicted octanol–water partition coefficient (Wildman–Crippen LogP) is 3.95. The van der Waals surface area contributed by atoms with Crippen molar-refractivity contribution in [2.24, 2.45) is 0 Å². The third-order valence-corrected chi connectivity index (χ3v) is 6.73. The third-order valence-electron chi connectivity index (χ3n) is 5.68. The molecule has 2 aromatic rings. The number of ether oxygens (including phenoxy) is 1. The van der Waals surface area contributed by atoms with Crippen LogP contribution in [0.1, 0.15) is 49.1 Å². The number of rotatable bonds is 8. The zero-order valence-corrected chi connectivity index (χ0v) is 17.6. The van der Waals surface area contributed by atoms with Gasteiger partial charge in [-0.1, -0.05) is 18.2 Å². The van der Waals surface area contributed by atoms with E-state index >= 15 is 0 Å². The Morgan fingerprint density at radius 1 is 1.32 bits per heavy atom. The highest BCUT2D eigenvalue weighted by Gasteiger charge is 2.38. The van der Waals surface area contributed by atoms with Crippen molar-refractivity contribution in [3.8, 4) is 5.75 Å². The van der Waals surface area contributed by atoms with E-state index in [1.54, 1.807) is 18.4 Å². The fraction of sp³-hybridized carbons (Fsp3) is 0.455. The molecule has 5 nitrogen and oxygen atoms in total. The molecule has 0 bridgehead atoms. The van der Waals surface area contributed by atoms with Crippen molar-refractivity contribution in [2.75, 3.05) is 14.2 Å². The predicted molar refractivity (Wildman–Crippen MR) is 112 cm³/mol. The second-order valence-corrected chi connectivity index (χ2v) is 8.53.